The summed E-state index contributed by atoms with van der Waals surface area (Å²) >= 11 is 0. The molecule has 0 N–H and O–H groups in total. The second-order valence-corrected chi connectivity index (χ2v) is 4.01. The van der Waals surface area contributed by atoms with E-state index in [0.717, 1.165) is 0 Å². The summed E-state index contributed by atoms with van der Waals surface area (Å²) in [5.74, 6) is 0. The van der Waals surface area contributed by atoms with E-state index < -0.39 is 60.4 Å². The Morgan fingerprint density at radius 2 is 0.783 bits per heavy atom. The van der Waals surface area contributed by atoms with Crippen molar-refractivity contribution in [2.75, 3.05) is 0 Å². The first-order chi connectivity index (χ1) is 10.4. The van der Waals surface area contributed by atoms with Crippen LogP contribution in [0.3, 0.4) is 0 Å². The second kappa shape index (κ2) is 6.91. The number of nitro groups is 6. The van der Waals surface area contributed by atoms with Crippen LogP contribution in [0.5, 0.6) is 0 Å². The van der Waals surface area contributed by atoms with Crippen LogP contribution in [0.1, 0.15) is 12.8 Å². The Labute approximate surface area is 122 Å². The van der Waals surface area contributed by atoms with Gasteiger partial charge in [0.05, 0.1) is 29.5 Å². The van der Waals surface area contributed by atoms with Crippen molar-refractivity contribution in [2.45, 2.75) is 30.8 Å². The Balaban J connectivity index is 6.02. The first-order valence-corrected chi connectivity index (χ1v) is 5.19. The topological polar surface area (TPSA) is 259 Å². The molecule has 0 aliphatic carbocycles. The maximum absolute atomic E-state index is 10.9. The first-order valence-electron chi connectivity index (χ1n) is 5.19. The minimum Gasteiger partial charge on any atom is -0.259 e. The average molecular weight is 342 g/mol. The SMILES string of the molecule is O=[N+]([O-])C(CC(CC([N+](=O)[O-])[N+](=O)[O-])([N+](=O)[O-])[N+](=O)[O-])[N+](=O)[O-]. The van der Waals surface area contributed by atoms with E-state index >= 15 is 0 Å². The summed E-state index contributed by atoms with van der Waals surface area (Å²) in [7, 11) is 0. The largest absolute Gasteiger partial charge is 0.486 e. The maximum atomic E-state index is 10.9. The fraction of sp³-hybridized carbons (Fsp3) is 1.00. The molecule has 128 valence electrons. The lowest BCUT2D eigenvalue weighted by atomic mass is 9.99. The lowest BCUT2D eigenvalue weighted by Crippen LogP contribution is -2.55. The maximum Gasteiger partial charge on any atom is 0.486 e. The molecule has 0 fully saturated rings. The molecule has 0 aromatic carbocycles. The van der Waals surface area contributed by atoms with Crippen LogP contribution in [-0.4, -0.2) is 47.5 Å². The van der Waals surface area contributed by atoms with Crippen LogP contribution < -0.4 is 0 Å². The minimum atomic E-state index is -3.85. The van der Waals surface area contributed by atoms with Gasteiger partial charge in [-0.05, 0) is 0 Å². The number of nitrogens with zero attached hydrogens (tertiary/aromatic N) is 6. The van der Waals surface area contributed by atoms with E-state index in [2.05, 4.69) is 0 Å². The fourth-order valence-corrected chi connectivity index (χ4v) is 1.49. The van der Waals surface area contributed by atoms with E-state index in [1.54, 1.807) is 0 Å². The van der Waals surface area contributed by atoms with E-state index in [4.69, 9.17) is 0 Å². The van der Waals surface area contributed by atoms with Crippen molar-refractivity contribution in [2.24, 2.45) is 0 Å². The molecule has 0 saturated carbocycles. The van der Waals surface area contributed by atoms with Crippen molar-refractivity contribution in [1.29, 1.82) is 0 Å². The molecule has 0 radical (unpaired) electrons. The summed E-state index contributed by atoms with van der Waals surface area (Å²) in [4.78, 5) is 53.2. The molecule has 0 unspecified atom stereocenters. The highest BCUT2D eigenvalue weighted by atomic mass is 16.7. The summed E-state index contributed by atoms with van der Waals surface area (Å²) in [5, 5.41) is 63.7. The van der Waals surface area contributed by atoms with Crippen LogP contribution in [0.25, 0.3) is 0 Å². The zero-order valence-electron chi connectivity index (χ0n) is 10.7. The van der Waals surface area contributed by atoms with Gasteiger partial charge in [-0.2, -0.15) is 0 Å². The van der Waals surface area contributed by atoms with Crippen molar-refractivity contribution in [1.82, 2.24) is 0 Å². The van der Waals surface area contributed by atoms with Crippen molar-refractivity contribution < 1.29 is 29.5 Å². The summed E-state index contributed by atoms with van der Waals surface area (Å²) < 4.78 is 0. The second-order valence-electron chi connectivity index (χ2n) is 4.01. The van der Waals surface area contributed by atoms with Crippen LogP contribution in [0.15, 0.2) is 0 Å². The van der Waals surface area contributed by atoms with E-state index in [-0.39, 0.29) is 0 Å². The summed E-state index contributed by atoms with van der Waals surface area (Å²) in [6.07, 6.45) is -10.1. The first kappa shape index (κ1) is 19.4. The molecular formula is C5H6N6O12. The van der Waals surface area contributed by atoms with Crippen LogP contribution in [0.2, 0.25) is 0 Å². The number of hydrogen-bond acceptors (Lipinski definition) is 12. The van der Waals surface area contributed by atoms with E-state index in [0.29, 0.717) is 0 Å². The van der Waals surface area contributed by atoms with Crippen LogP contribution in [0, 0.1) is 60.7 Å². The summed E-state index contributed by atoms with van der Waals surface area (Å²) in [6, 6.07) is 0. The van der Waals surface area contributed by atoms with Crippen LogP contribution in [-0.2, 0) is 0 Å². The van der Waals surface area contributed by atoms with E-state index in [1.807, 2.05) is 0 Å². The van der Waals surface area contributed by atoms with Gasteiger partial charge >= 0.3 is 18.0 Å². The highest BCUT2D eigenvalue weighted by Crippen LogP contribution is 2.27. The Morgan fingerprint density at radius 1 is 0.565 bits per heavy atom. The lowest BCUT2D eigenvalue weighted by molar-refractivity contribution is -0.841. The highest BCUT2D eigenvalue weighted by molar-refractivity contribution is 4.71. The van der Waals surface area contributed by atoms with E-state index in [1.165, 1.54) is 0 Å². The third-order valence-electron chi connectivity index (χ3n) is 2.67. The van der Waals surface area contributed by atoms with Crippen LogP contribution in [0.4, 0.5) is 0 Å². The van der Waals surface area contributed by atoms with Gasteiger partial charge in [0.2, 0.25) is 12.8 Å². The molecule has 0 bridgehead atoms. The normalized spacial score (nSPS) is 11.2. The van der Waals surface area contributed by atoms with Gasteiger partial charge in [-0.1, -0.05) is 0 Å². The van der Waals surface area contributed by atoms with Gasteiger partial charge in [0.25, 0.3) is 0 Å². The molecule has 0 saturated heterocycles. The van der Waals surface area contributed by atoms with Gasteiger partial charge in [0.1, 0.15) is 0 Å². The Hall–Kier alpha value is -3.60. The summed E-state index contributed by atoms with van der Waals surface area (Å²) in [5.41, 5.74) is -3.85. The lowest BCUT2D eigenvalue weighted by Gasteiger charge is -2.15. The van der Waals surface area contributed by atoms with Gasteiger partial charge in [0.15, 0.2) is 0 Å². The van der Waals surface area contributed by atoms with Gasteiger partial charge in [-0.15, -0.1) is 0 Å². The van der Waals surface area contributed by atoms with Crippen molar-refractivity contribution >= 4 is 0 Å². The molecule has 18 nitrogen and oxygen atoms in total. The molecule has 0 spiro atoms. The predicted molar refractivity (Wildman–Crippen MR) is 61.5 cm³/mol. The standard InChI is InChI=1S/C5H6N6O12/c12-6(13)3(7(14)15)1-5(10(20)21,11(22)23)2-4(8(16)17)9(18)19/h3-4H,1-2H2. The summed E-state index contributed by atoms with van der Waals surface area (Å²) in [6.45, 7) is 0. The van der Waals surface area contributed by atoms with E-state index in [9.17, 15) is 60.7 Å². The smallest absolute Gasteiger partial charge is 0.259 e. The van der Waals surface area contributed by atoms with Gasteiger partial charge in [-0.3, -0.25) is 60.7 Å². The molecule has 0 amide bonds. The van der Waals surface area contributed by atoms with Crippen LogP contribution >= 0.6 is 0 Å². The molecule has 18 heteroatoms. The van der Waals surface area contributed by atoms with Crippen molar-refractivity contribution in [3.63, 3.8) is 0 Å². The molecule has 0 aliphatic heterocycles. The third kappa shape index (κ3) is 4.18. The zero-order valence-corrected chi connectivity index (χ0v) is 10.7. The molecule has 0 aliphatic rings. The zero-order chi connectivity index (χ0) is 18.5. The quantitative estimate of drug-likeness (QED) is 0.256. The Kier molecular flexibility index (Phi) is 5.83. The average Bonchev–Trinajstić information content (AvgIpc) is 2.36. The molecule has 0 heterocycles. The molecule has 23 heavy (non-hydrogen) atoms. The monoisotopic (exact) mass is 342 g/mol. The highest BCUT2D eigenvalue weighted by Gasteiger charge is 2.68. The predicted octanol–water partition coefficient (Wildman–Crippen LogP) is -1.22. The van der Waals surface area contributed by atoms with Gasteiger partial charge < -0.3 is 0 Å². The molecule has 0 aromatic rings. The molecular weight excluding hydrogens is 336 g/mol. The fourth-order valence-electron chi connectivity index (χ4n) is 1.49. The Bertz CT molecular complexity index is 494. The minimum absolute atomic E-state index is 1.69. The van der Waals surface area contributed by atoms with Crippen molar-refractivity contribution in [3.05, 3.63) is 60.7 Å². The van der Waals surface area contributed by atoms with Crippen molar-refractivity contribution in [3.8, 4) is 0 Å². The molecule has 0 atom stereocenters. The Morgan fingerprint density at radius 3 is 0.913 bits per heavy atom. The number of rotatable bonds is 10. The molecule has 0 aromatic heterocycles. The van der Waals surface area contributed by atoms with Gasteiger partial charge in [0, 0.05) is 0 Å². The van der Waals surface area contributed by atoms with Gasteiger partial charge in [-0.25, -0.2) is 0 Å². The third-order valence-corrected chi connectivity index (χ3v) is 2.67. The number of hydrogen-bond donors (Lipinski definition) is 0. The molecule has 0 rings (SSSR count).